The molecule has 0 bridgehead atoms. The summed E-state index contributed by atoms with van der Waals surface area (Å²) in [4.78, 5) is 25.0. The molecule has 1 atom stereocenters. The zero-order chi connectivity index (χ0) is 13.8. The van der Waals surface area contributed by atoms with Gasteiger partial charge in [0.05, 0.1) is 0 Å². The Morgan fingerprint density at radius 2 is 2.39 bits per heavy atom. The van der Waals surface area contributed by atoms with Crippen molar-refractivity contribution in [2.24, 2.45) is 4.99 Å². The van der Waals surface area contributed by atoms with Gasteiger partial charge in [0.1, 0.15) is 0 Å². The predicted molar refractivity (Wildman–Crippen MR) is 69.1 cm³/mol. The summed E-state index contributed by atoms with van der Waals surface area (Å²) >= 11 is 1.47. The molecule has 0 saturated heterocycles. The summed E-state index contributed by atoms with van der Waals surface area (Å²) in [6.45, 7) is 2.24. The third-order valence-electron chi connectivity index (χ3n) is 1.88. The maximum Gasteiger partial charge on any atom is 0.293 e. The Hall–Kier alpha value is -1.75. The first kappa shape index (κ1) is 16.2. The van der Waals surface area contributed by atoms with Gasteiger partial charge in [-0.05, 0) is 6.92 Å². The molecule has 0 spiro atoms. The third kappa shape index (κ3) is 7.51. The van der Waals surface area contributed by atoms with Crippen LogP contribution < -0.4 is 10.6 Å². The summed E-state index contributed by atoms with van der Waals surface area (Å²) in [5.74, 6) is 1.33. The van der Waals surface area contributed by atoms with Crippen LogP contribution >= 0.6 is 11.8 Å². The van der Waals surface area contributed by atoms with E-state index < -0.39 is 6.10 Å². The van der Waals surface area contributed by atoms with Crippen molar-refractivity contribution >= 4 is 30.0 Å². The Kier molecular flexibility index (Phi) is 9.40. The Bertz CT molecular complexity index is 341. The van der Waals surface area contributed by atoms with Crippen molar-refractivity contribution in [2.45, 2.75) is 13.0 Å². The molecule has 0 aromatic heterocycles. The average molecular weight is 272 g/mol. The maximum atomic E-state index is 11.1. The number of rotatable bonds is 8. The molecular weight excluding hydrogens is 256 g/mol. The van der Waals surface area contributed by atoms with Crippen molar-refractivity contribution in [1.29, 1.82) is 5.26 Å². The highest BCUT2D eigenvalue weighted by Crippen LogP contribution is 2.05. The molecule has 1 unspecified atom stereocenters. The molecule has 0 aliphatic rings. The molecular formula is C10H16N4O3S. The number of thioether (sulfide) groups is 1. The molecule has 8 heteroatoms. The molecule has 0 radical (unpaired) electrons. The van der Waals surface area contributed by atoms with Crippen molar-refractivity contribution in [3.8, 4) is 6.19 Å². The minimum absolute atomic E-state index is 0.176. The van der Waals surface area contributed by atoms with Crippen LogP contribution in [0.4, 0.5) is 0 Å². The van der Waals surface area contributed by atoms with E-state index in [1.165, 1.54) is 18.7 Å². The number of hydrogen-bond donors (Lipinski definition) is 2. The zero-order valence-electron chi connectivity index (χ0n) is 10.3. The lowest BCUT2D eigenvalue weighted by molar-refractivity contribution is -0.141. The van der Waals surface area contributed by atoms with Gasteiger partial charge in [-0.2, -0.15) is 17.0 Å². The summed E-state index contributed by atoms with van der Waals surface area (Å²) in [6.07, 6.45) is 1.07. The molecule has 0 fully saturated rings. The van der Waals surface area contributed by atoms with Crippen LogP contribution in [0.1, 0.15) is 6.92 Å². The van der Waals surface area contributed by atoms with Crippen LogP contribution in [0.3, 0.4) is 0 Å². The fourth-order valence-corrected chi connectivity index (χ4v) is 1.92. The van der Waals surface area contributed by atoms with E-state index in [0.29, 0.717) is 24.0 Å². The van der Waals surface area contributed by atoms with Crippen molar-refractivity contribution in [3.63, 3.8) is 0 Å². The fraction of sp³-hybridized carbons (Fsp3) is 0.600. The van der Waals surface area contributed by atoms with Gasteiger partial charge in [-0.25, -0.2) is 0 Å². The van der Waals surface area contributed by atoms with Gasteiger partial charge >= 0.3 is 0 Å². The molecule has 0 aliphatic heterocycles. The first-order valence-corrected chi connectivity index (χ1v) is 6.34. The highest BCUT2D eigenvalue weighted by atomic mass is 32.2. The molecule has 2 N–H and O–H groups in total. The van der Waals surface area contributed by atoms with Crippen LogP contribution in [-0.4, -0.2) is 49.4 Å². The van der Waals surface area contributed by atoms with Crippen molar-refractivity contribution in [3.05, 3.63) is 0 Å². The van der Waals surface area contributed by atoms with Gasteiger partial charge in [0.25, 0.3) is 6.47 Å². The smallest absolute Gasteiger partial charge is 0.293 e. The highest BCUT2D eigenvalue weighted by molar-refractivity contribution is 7.99. The Labute approximate surface area is 110 Å². The molecule has 0 aromatic rings. The van der Waals surface area contributed by atoms with Crippen molar-refractivity contribution < 1.29 is 14.3 Å². The second-order valence-corrected chi connectivity index (χ2v) is 4.29. The van der Waals surface area contributed by atoms with Crippen LogP contribution in [0.25, 0.3) is 0 Å². The number of carbonyl (C=O) groups excluding carboxylic acids is 2. The van der Waals surface area contributed by atoms with Gasteiger partial charge < -0.3 is 10.1 Å². The lowest BCUT2D eigenvalue weighted by Crippen LogP contribution is -2.35. The van der Waals surface area contributed by atoms with Crippen LogP contribution in [0.15, 0.2) is 4.99 Å². The van der Waals surface area contributed by atoms with Gasteiger partial charge in [-0.3, -0.25) is 19.9 Å². The number of ketones is 1. The van der Waals surface area contributed by atoms with Crippen LogP contribution in [-0.2, 0) is 14.3 Å². The lowest BCUT2D eigenvalue weighted by Gasteiger charge is -2.11. The van der Waals surface area contributed by atoms with E-state index in [-0.39, 0.29) is 12.3 Å². The molecule has 0 rings (SSSR count). The van der Waals surface area contributed by atoms with Crippen molar-refractivity contribution in [2.75, 3.05) is 25.1 Å². The summed E-state index contributed by atoms with van der Waals surface area (Å²) in [5, 5.41) is 13.7. The number of Topliss-reactive ketones (excluding diaryl/α,β-unsaturated/α-hetero) is 1. The van der Waals surface area contributed by atoms with E-state index in [0.717, 1.165) is 0 Å². The highest BCUT2D eigenvalue weighted by Gasteiger charge is 2.14. The van der Waals surface area contributed by atoms with E-state index in [1.54, 1.807) is 13.2 Å². The first-order chi connectivity index (χ1) is 8.65. The Morgan fingerprint density at radius 1 is 1.67 bits per heavy atom. The van der Waals surface area contributed by atoms with Crippen LogP contribution in [0.5, 0.6) is 0 Å². The molecule has 0 aromatic carbocycles. The molecule has 7 nitrogen and oxygen atoms in total. The average Bonchev–Trinajstić information content (AvgIpc) is 2.35. The van der Waals surface area contributed by atoms with Crippen molar-refractivity contribution in [1.82, 2.24) is 10.6 Å². The van der Waals surface area contributed by atoms with E-state index in [4.69, 9.17) is 5.26 Å². The fourth-order valence-electron chi connectivity index (χ4n) is 0.984. The van der Waals surface area contributed by atoms with Crippen LogP contribution in [0.2, 0.25) is 0 Å². The first-order valence-electron chi connectivity index (χ1n) is 5.18. The van der Waals surface area contributed by atoms with E-state index >= 15 is 0 Å². The number of guanidine groups is 1. The summed E-state index contributed by atoms with van der Waals surface area (Å²) in [5.41, 5.74) is 0. The van der Waals surface area contributed by atoms with Gasteiger partial charge in [-0.1, -0.05) is 0 Å². The second kappa shape index (κ2) is 10.4. The molecule has 0 heterocycles. The number of nitrogens with zero attached hydrogens (tertiary/aromatic N) is 2. The number of ether oxygens (including phenoxy) is 1. The minimum atomic E-state index is -0.691. The molecule has 18 heavy (non-hydrogen) atoms. The Morgan fingerprint density at radius 3 is 2.89 bits per heavy atom. The van der Waals surface area contributed by atoms with E-state index in [1.807, 2.05) is 0 Å². The minimum Gasteiger partial charge on any atom is -0.456 e. The van der Waals surface area contributed by atoms with Gasteiger partial charge in [0.15, 0.2) is 18.1 Å². The zero-order valence-corrected chi connectivity index (χ0v) is 11.1. The number of carbonyl (C=O) groups is 2. The van der Waals surface area contributed by atoms with Gasteiger partial charge in [0, 0.05) is 25.1 Å². The van der Waals surface area contributed by atoms with E-state index in [9.17, 15) is 9.59 Å². The monoisotopic (exact) mass is 272 g/mol. The summed E-state index contributed by atoms with van der Waals surface area (Å²) in [6, 6.07) is 0. The number of aliphatic imine (C=N–C) groups is 1. The Balaban J connectivity index is 3.75. The van der Waals surface area contributed by atoms with Crippen LogP contribution in [0, 0.1) is 11.5 Å². The lowest BCUT2D eigenvalue weighted by atomic mass is 10.3. The second-order valence-electron chi connectivity index (χ2n) is 3.14. The topological polar surface area (TPSA) is 104 Å². The number of nitriles is 1. The van der Waals surface area contributed by atoms with Gasteiger partial charge in [-0.15, -0.1) is 0 Å². The number of hydrogen-bond acceptors (Lipinski definition) is 6. The maximum absolute atomic E-state index is 11.1. The SMILES string of the molecule is C/N=C(\NC#N)NCCSCC(OC=O)C(C)=O. The largest absolute Gasteiger partial charge is 0.456 e. The van der Waals surface area contributed by atoms with E-state index in [2.05, 4.69) is 20.4 Å². The quantitative estimate of drug-likeness (QED) is 0.153. The standard InChI is InChI=1S/C10H16N4O3S/c1-8(16)9(17-7-15)5-18-4-3-13-10(12-2)14-6-11/h7,9H,3-5H2,1-2H3,(H2,12,13,14). The predicted octanol–water partition coefficient (Wildman–Crippen LogP) is -0.504. The molecule has 0 saturated carbocycles. The third-order valence-corrected chi connectivity index (χ3v) is 2.91. The molecule has 0 amide bonds. The molecule has 100 valence electrons. The summed E-state index contributed by atoms with van der Waals surface area (Å²) in [7, 11) is 1.56. The summed E-state index contributed by atoms with van der Waals surface area (Å²) < 4.78 is 4.64. The normalized spacial score (nSPS) is 12.2. The van der Waals surface area contributed by atoms with Gasteiger partial charge in [0.2, 0.25) is 5.96 Å². The molecule has 0 aliphatic carbocycles. The number of nitrogens with one attached hydrogen (secondary N) is 2.